The van der Waals surface area contributed by atoms with Gasteiger partial charge < -0.3 is 15.7 Å². The van der Waals surface area contributed by atoms with E-state index in [1.54, 1.807) is 0 Å². The van der Waals surface area contributed by atoms with E-state index in [0.29, 0.717) is 18.2 Å². The molecule has 1 saturated heterocycles. The van der Waals surface area contributed by atoms with Crippen molar-refractivity contribution >= 4 is 23.8 Å². The number of carbonyl (C=O) groups excluding carboxylic acids is 1. The Bertz CT molecular complexity index is 291. The molecule has 0 spiro atoms. The second-order valence-electron chi connectivity index (χ2n) is 5.01. The molecule has 2 atom stereocenters. The highest BCUT2D eigenvalue weighted by Gasteiger charge is 2.22. The van der Waals surface area contributed by atoms with Crippen LogP contribution in [0.5, 0.6) is 0 Å². The fourth-order valence-corrected chi connectivity index (χ4v) is 3.12. The molecule has 1 fully saturated rings. The number of amides is 2. The smallest absolute Gasteiger partial charge is 0.326 e. The van der Waals surface area contributed by atoms with Gasteiger partial charge in [-0.1, -0.05) is 13.8 Å². The first-order chi connectivity index (χ1) is 8.49. The summed E-state index contributed by atoms with van der Waals surface area (Å²) in [5.41, 5.74) is 0. The molecular formula is C12H22N2O3S. The van der Waals surface area contributed by atoms with Crippen molar-refractivity contribution in [2.75, 3.05) is 12.3 Å². The van der Waals surface area contributed by atoms with Gasteiger partial charge in [-0.05, 0) is 30.9 Å². The van der Waals surface area contributed by atoms with E-state index in [1.165, 1.54) is 6.42 Å². The van der Waals surface area contributed by atoms with Crippen molar-refractivity contribution in [3.05, 3.63) is 0 Å². The van der Waals surface area contributed by atoms with E-state index < -0.39 is 12.0 Å². The second kappa shape index (κ2) is 7.51. The molecule has 1 aliphatic rings. The van der Waals surface area contributed by atoms with Gasteiger partial charge in [0, 0.05) is 11.8 Å². The third-order valence-corrected chi connectivity index (χ3v) is 4.22. The van der Waals surface area contributed by atoms with Crippen molar-refractivity contribution in [2.24, 2.45) is 5.92 Å². The normalized spacial score (nSPS) is 20.7. The minimum Gasteiger partial charge on any atom is -0.480 e. The lowest BCUT2D eigenvalue weighted by atomic mass is 10.0. The molecule has 104 valence electrons. The van der Waals surface area contributed by atoms with E-state index in [0.717, 1.165) is 12.2 Å². The van der Waals surface area contributed by atoms with Gasteiger partial charge in [0.05, 0.1) is 0 Å². The highest BCUT2D eigenvalue weighted by molar-refractivity contribution is 8.00. The maximum Gasteiger partial charge on any atom is 0.326 e. The average molecular weight is 274 g/mol. The number of rotatable bonds is 6. The summed E-state index contributed by atoms with van der Waals surface area (Å²) < 4.78 is 0. The van der Waals surface area contributed by atoms with Crippen LogP contribution in [-0.2, 0) is 4.79 Å². The van der Waals surface area contributed by atoms with E-state index in [9.17, 15) is 9.59 Å². The van der Waals surface area contributed by atoms with E-state index in [4.69, 9.17) is 5.11 Å². The van der Waals surface area contributed by atoms with Gasteiger partial charge in [-0.3, -0.25) is 0 Å². The van der Waals surface area contributed by atoms with Crippen LogP contribution in [0, 0.1) is 5.92 Å². The van der Waals surface area contributed by atoms with Crippen LogP contribution in [0.3, 0.4) is 0 Å². The fraction of sp³-hybridized carbons (Fsp3) is 0.833. The molecule has 18 heavy (non-hydrogen) atoms. The van der Waals surface area contributed by atoms with E-state index in [1.807, 2.05) is 25.6 Å². The highest BCUT2D eigenvalue weighted by atomic mass is 32.2. The zero-order valence-corrected chi connectivity index (χ0v) is 11.8. The molecule has 0 aliphatic carbocycles. The lowest BCUT2D eigenvalue weighted by Gasteiger charge is -2.17. The SMILES string of the molecule is CC(C)C[C@@H](NC(=O)NCC1CCCS1)C(=O)O. The first-order valence-electron chi connectivity index (χ1n) is 6.37. The largest absolute Gasteiger partial charge is 0.480 e. The Labute approximate surface area is 112 Å². The van der Waals surface area contributed by atoms with E-state index in [-0.39, 0.29) is 11.9 Å². The van der Waals surface area contributed by atoms with Crippen molar-refractivity contribution in [3.8, 4) is 0 Å². The van der Waals surface area contributed by atoms with Crippen molar-refractivity contribution in [2.45, 2.75) is 44.4 Å². The van der Waals surface area contributed by atoms with Crippen LogP contribution in [0.25, 0.3) is 0 Å². The molecule has 1 rings (SSSR count). The molecule has 0 aromatic carbocycles. The molecule has 1 aliphatic heterocycles. The van der Waals surface area contributed by atoms with Crippen LogP contribution in [-0.4, -0.2) is 40.7 Å². The highest BCUT2D eigenvalue weighted by Crippen LogP contribution is 2.25. The van der Waals surface area contributed by atoms with Gasteiger partial charge in [-0.2, -0.15) is 11.8 Å². The molecule has 0 saturated carbocycles. The Morgan fingerprint density at radius 3 is 2.67 bits per heavy atom. The number of thioether (sulfide) groups is 1. The molecule has 0 aromatic heterocycles. The molecular weight excluding hydrogens is 252 g/mol. The molecule has 2 amide bonds. The summed E-state index contributed by atoms with van der Waals surface area (Å²) >= 11 is 1.86. The van der Waals surface area contributed by atoms with Crippen LogP contribution >= 0.6 is 11.8 Å². The number of urea groups is 1. The first kappa shape index (κ1) is 15.1. The third kappa shape index (κ3) is 5.62. The Morgan fingerprint density at radius 2 is 2.17 bits per heavy atom. The molecule has 1 heterocycles. The first-order valence-corrected chi connectivity index (χ1v) is 7.42. The van der Waals surface area contributed by atoms with Gasteiger partial charge in [0.15, 0.2) is 0 Å². The average Bonchev–Trinajstić information content (AvgIpc) is 2.77. The number of carbonyl (C=O) groups is 2. The summed E-state index contributed by atoms with van der Waals surface area (Å²) in [6.07, 6.45) is 2.77. The summed E-state index contributed by atoms with van der Waals surface area (Å²) in [7, 11) is 0. The minimum atomic E-state index is -0.978. The Hall–Kier alpha value is -0.910. The van der Waals surface area contributed by atoms with Crippen LogP contribution in [0.2, 0.25) is 0 Å². The van der Waals surface area contributed by atoms with Crippen LogP contribution < -0.4 is 10.6 Å². The topological polar surface area (TPSA) is 78.4 Å². The summed E-state index contributed by atoms with van der Waals surface area (Å²) in [5.74, 6) is 0.407. The summed E-state index contributed by atoms with van der Waals surface area (Å²) in [4.78, 5) is 22.6. The maximum absolute atomic E-state index is 11.6. The van der Waals surface area contributed by atoms with Crippen LogP contribution in [0.1, 0.15) is 33.1 Å². The molecule has 0 bridgehead atoms. The van der Waals surface area contributed by atoms with Gasteiger partial charge in [0.1, 0.15) is 6.04 Å². The monoisotopic (exact) mass is 274 g/mol. The number of nitrogens with one attached hydrogen (secondary N) is 2. The molecule has 5 nitrogen and oxygen atoms in total. The third-order valence-electron chi connectivity index (χ3n) is 2.82. The van der Waals surface area contributed by atoms with Gasteiger partial charge in [-0.15, -0.1) is 0 Å². The van der Waals surface area contributed by atoms with Gasteiger partial charge in [-0.25, -0.2) is 9.59 Å². The van der Waals surface area contributed by atoms with Gasteiger partial charge in [0.2, 0.25) is 0 Å². The quantitative estimate of drug-likeness (QED) is 0.688. The van der Waals surface area contributed by atoms with Crippen molar-refractivity contribution in [1.29, 1.82) is 0 Å². The number of carboxylic acids is 1. The minimum absolute atomic E-state index is 0.233. The van der Waals surface area contributed by atoms with Crippen molar-refractivity contribution < 1.29 is 14.7 Å². The number of aliphatic carboxylic acids is 1. The number of hydrogen-bond donors (Lipinski definition) is 3. The molecule has 6 heteroatoms. The van der Waals surface area contributed by atoms with Gasteiger partial charge >= 0.3 is 12.0 Å². The van der Waals surface area contributed by atoms with E-state index >= 15 is 0 Å². The van der Waals surface area contributed by atoms with Crippen molar-refractivity contribution in [3.63, 3.8) is 0 Å². The standard InChI is InChI=1S/C12H22N2O3S/c1-8(2)6-10(11(15)16)14-12(17)13-7-9-4-3-5-18-9/h8-10H,3-7H2,1-2H3,(H,15,16)(H2,13,14,17)/t9?,10-/m1/s1. The number of hydrogen-bond acceptors (Lipinski definition) is 3. The Morgan fingerprint density at radius 1 is 1.44 bits per heavy atom. The summed E-state index contributed by atoms with van der Waals surface area (Å²) in [6, 6.07) is -1.18. The molecule has 0 radical (unpaired) electrons. The zero-order chi connectivity index (χ0) is 13.5. The maximum atomic E-state index is 11.6. The van der Waals surface area contributed by atoms with E-state index in [2.05, 4.69) is 10.6 Å². The molecule has 3 N–H and O–H groups in total. The predicted molar refractivity (Wildman–Crippen MR) is 72.9 cm³/mol. The lowest BCUT2D eigenvalue weighted by molar-refractivity contribution is -0.139. The number of carboxylic acid groups (broad SMARTS) is 1. The zero-order valence-electron chi connectivity index (χ0n) is 10.9. The summed E-state index contributed by atoms with van der Waals surface area (Å²) in [5, 5.41) is 14.7. The fourth-order valence-electron chi connectivity index (χ4n) is 1.91. The van der Waals surface area contributed by atoms with Crippen LogP contribution in [0.4, 0.5) is 4.79 Å². The Kier molecular flexibility index (Phi) is 6.32. The molecule has 1 unspecified atom stereocenters. The molecule has 0 aromatic rings. The predicted octanol–water partition coefficient (Wildman–Crippen LogP) is 1.68. The summed E-state index contributed by atoms with van der Waals surface area (Å²) in [6.45, 7) is 4.49. The van der Waals surface area contributed by atoms with Crippen molar-refractivity contribution in [1.82, 2.24) is 10.6 Å². The lowest BCUT2D eigenvalue weighted by Crippen LogP contribution is -2.47. The van der Waals surface area contributed by atoms with Gasteiger partial charge in [0.25, 0.3) is 0 Å². The van der Waals surface area contributed by atoms with Crippen LogP contribution in [0.15, 0.2) is 0 Å². The second-order valence-corrected chi connectivity index (χ2v) is 6.42. The Balaban J connectivity index is 2.29.